The molecule has 0 spiro atoms. The molecule has 0 unspecified atom stereocenters. The minimum absolute atomic E-state index is 0.0552. The second-order valence-electron chi connectivity index (χ2n) is 4.88. The van der Waals surface area contributed by atoms with Crippen LogP contribution in [0.4, 0.5) is 10.1 Å². The number of benzene rings is 2. The largest absolute Gasteiger partial charge is 0.465 e. The van der Waals surface area contributed by atoms with Crippen molar-refractivity contribution in [1.29, 1.82) is 0 Å². The standard InChI is InChI=1S/C17H16FNO3/c1-11-6-7-13(17(21)22-2)10-15(11)19-16(20)9-12-4-3-5-14(18)8-12/h3-8,10H,9H2,1-2H3,(H,19,20). The van der Waals surface area contributed by atoms with Crippen molar-refractivity contribution in [3.63, 3.8) is 0 Å². The van der Waals surface area contributed by atoms with E-state index in [1.807, 2.05) is 6.92 Å². The Balaban J connectivity index is 2.12. The molecule has 0 radical (unpaired) electrons. The molecule has 0 heterocycles. The number of amides is 1. The average Bonchev–Trinajstić information content (AvgIpc) is 2.48. The van der Waals surface area contributed by atoms with Gasteiger partial charge in [-0.1, -0.05) is 18.2 Å². The molecule has 2 aromatic rings. The number of halogens is 1. The molecule has 5 heteroatoms. The van der Waals surface area contributed by atoms with E-state index in [-0.39, 0.29) is 18.1 Å². The molecule has 1 N–H and O–H groups in total. The summed E-state index contributed by atoms with van der Waals surface area (Å²) in [4.78, 5) is 23.6. The lowest BCUT2D eigenvalue weighted by Crippen LogP contribution is -2.16. The summed E-state index contributed by atoms with van der Waals surface area (Å²) in [6, 6.07) is 10.8. The summed E-state index contributed by atoms with van der Waals surface area (Å²) < 4.78 is 17.8. The second-order valence-corrected chi connectivity index (χ2v) is 4.88. The monoisotopic (exact) mass is 301 g/mol. The van der Waals surface area contributed by atoms with Gasteiger partial charge in [0.1, 0.15) is 5.82 Å². The van der Waals surface area contributed by atoms with E-state index in [4.69, 9.17) is 0 Å². The van der Waals surface area contributed by atoms with Gasteiger partial charge in [0, 0.05) is 5.69 Å². The predicted molar refractivity (Wildman–Crippen MR) is 81.3 cm³/mol. The van der Waals surface area contributed by atoms with Crippen molar-refractivity contribution < 1.29 is 18.7 Å². The van der Waals surface area contributed by atoms with Gasteiger partial charge in [0.05, 0.1) is 19.1 Å². The van der Waals surface area contributed by atoms with Crippen LogP contribution in [-0.2, 0) is 16.0 Å². The topological polar surface area (TPSA) is 55.4 Å². The van der Waals surface area contributed by atoms with E-state index in [9.17, 15) is 14.0 Å². The third kappa shape index (κ3) is 3.91. The molecule has 2 aromatic carbocycles. The van der Waals surface area contributed by atoms with E-state index in [1.54, 1.807) is 30.3 Å². The van der Waals surface area contributed by atoms with Crippen LogP contribution < -0.4 is 5.32 Å². The molecule has 1 amide bonds. The maximum atomic E-state index is 13.1. The van der Waals surface area contributed by atoms with E-state index in [1.165, 1.54) is 19.2 Å². The number of hydrogen-bond donors (Lipinski definition) is 1. The molecule has 0 fully saturated rings. The fraction of sp³-hybridized carbons (Fsp3) is 0.176. The molecule has 0 aliphatic carbocycles. The molecule has 0 aromatic heterocycles. The Morgan fingerprint density at radius 3 is 2.64 bits per heavy atom. The zero-order valence-electron chi connectivity index (χ0n) is 12.4. The predicted octanol–water partition coefficient (Wildman–Crippen LogP) is 3.10. The van der Waals surface area contributed by atoms with Crippen LogP contribution in [0.5, 0.6) is 0 Å². The number of nitrogens with one attached hydrogen (secondary N) is 1. The highest BCUT2D eigenvalue weighted by atomic mass is 19.1. The summed E-state index contributed by atoms with van der Waals surface area (Å²) in [6.45, 7) is 1.82. The SMILES string of the molecule is COC(=O)c1ccc(C)c(NC(=O)Cc2cccc(F)c2)c1. The van der Waals surface area contributed by atoms with Crippen LogP contribution in [0, 0.1) is 12.7 Å². The van der Waals surface area contributed by atoms with Crippen molar-refractivity contribution >= 4 is 17.6 Å². The fourth-order valence-electron chi connectivity index (χ4n) is 2.03. The van der Waals surface area contributed by atoms with E-state index in [0.717, 1.165) is 5.56 Å². The number of rotatable bonds is 4. The number of carbonyl (C=O) groups is 2. The first-order chi connectivity index (χ1) is 10.5. The van der Waals surface area contributed by atoms with Gasteiger partial charge in [0.15, 0.2) is 0 Å². The molecule has 0 saturated carbocycles. The Kier molecular flexibility index (Phi) is 4.88. The van der Waals surface area contributed by atoms with E-state index in [2.05, 4.69) is 10.1 Å². The quantitative estimate of drug-likeness (QED) is 0.883. The molecule has 0 aliphatic heterocycles. The van der Waals surface area contributed by atoms with Gasteiger partial charge in [-0.3, -0.25) is 4.79 Å². The van der Waals surface area contributed by atoms with Crippen LogP contribution in [0.25, 0.3) is 0 Å². The highest BCUT2D eigenvalue weighted by Crippen LogP contribution is 2.18. The Labute approximate surface area is 127 Å². The van der Waals surface area contributed by atoms with Gasteiger partial charge in [-0.25, -0.2) is 9.18 Å². The first kappa shape index (κ1) is 15.7. The van der Waals surface area contributed by atoms with Crippen molar-refractivity contribution in [2.24, 2.45) is 0 Å². The van der Waals surface area contributed by atoms with Crippen molar-refractivity contribution in [2.75, 3.05) is 12.4 Å². The summed E-state index contributed by atoms with van der Waals surface area (Å²) in [5.74, 6) is -1.13. The smallest absolute Gasteiger partial charge is 0.337 e. The number of esters is 1. The maximum absolute atomic E-state index is 13.1. The van der Waals surface area contributed by atoms with Crippen molar-refractivity contribution in [2.45, 2.75) is 13.3 Å². The first-order valence-corrected chi connectivity index (χ1v) is 6.73. The van der Waals surface area contributed by atoms with Crippen LogP contribution >= 0.6 is 0 Å². The summed E-state index contributed by atoms with van der Waals surface area (Å²) in [7, 11) is 1.30. The van der Waals surface area contributed by atoms with Gasteiger partial charge >= 0.3 is 5.97 Å². The van der Waals surface area contributed by atoms with Crippen LogP contribution in [-0.4, -0.2) is 19.0 Å². The summed E-state index contributed by atoms with van der Waals surface area (Å²) in [5.41, 5.74) is 2.29. The number of hydrogen-bond acceptors (Lipinski definition) is 3. The Morgan fingerprint density at radius 1 is 1.18 bits per heavy atom. The molecule has 0 atom stereocenters. The molecule has 0 bridgehead atoms. The maximum Gasteiger partial charge on any atom is 0.337 e. The third-order valence-electron chi connectivity index (χ3n) is 3.19. The van der Waals surface area contributed by atoms with Gasteiger partial charge in [0.2, 0.25) is 5.91 Å². The Morgan fingerprint density at radius 2 is 1.95 bits per heavy atom. The molecule has 0 aliphatic rings. The number of aryl methyl sites for hydroxylation is 1. The van der Waals surface area contributed by atoms with Gasteiger partial charge in [-0.15, -0.1) is 0 Å². The second kappa shape index (κ2) is 6.85. The van der Waals surface area contributed by atoms with E-state index in [0.29, 0.717) is 16.8 Å². The summed E-state index contributed by atoms with van der Waals surface area (Å²) in [5, 5.41) is 2.73. The summed E-state index contributed by atoms with van der Waals surface area (Å²) in [6.07, 6.45) is 0.0552. The minimum Gasteiger partial charge on any atom is -0.465 e. The zero-order chi connectivity index (χ0) is 16.1. The normalized spacial score (nSPS) is 10.1. The number of carbonyl (C=O) groups excluding carboxylic acids is 2. The van der Waals surface area contributed by atoms with Gasteiger partial charge < -0.3 is 10.1 Å². The van der Waals surface area contributed by atoms with Crippen LogP contribution in [0.2, 0.25) is 0 Å². The molecule has 4 nitrogen and oxygen atoms in total. The molecule has 0 saturated heterocycles. The molecule has 2 rings (SSSR count). The summed E-state index contributed by atoms with van der Waals surface area (Å²) >= 11 is 0. The average molecular weight is 301 g/mol. The first-order valence-electron chi connectivity index (χ1n) is 6.73. The van der Waals surface area contributed by atoms with E-state index < -0.39 is 5.97 Å². The molecular formula is C17H16FNO3. The lowest BCUT2D eigenvalue weighted by atomic mass is 10.1. The van der Waals surface area contributed by atoms with Crippen LogP contribution in [0.15, 0.2) is 42.5 Å². The van der Waals surface area contributed by atoms with Crippen molar-refractivity contribution in [3.05, 3.63) is 65.0 Å². The molecule has 22 heavy (non-hydrogen) atoms. The van der Waals surface area contributed by atoms with Gasteiger partial charge in [-0.05, 0) is 42.3 Å². The number of methoxy groups -OCH3 is 1. The third-order valence-corrected chi connectivity index (χ3v) is 3.19. The highest BCUT2D eigenvalue weighted by Gasteiger charge is 2.11. The fourth-order valence-corrected chi connectivity index (χ4v) is 2.03. The number of ether oxygens (including phenoxy) is 1. The van der Waals surface area contributed by atoms with Crippen LogP contribution in [0.1, 0.15) is 21.5 Å². The Bertz CT molecular complexity index is 713. The van der Waals surface area contributed by atoms with Gasteiger partial charge in [0.25, 0.3) is 0 Å². The number of anilines is 1. The van der Waals surface area contributed by atoms with Crippen LogP contribution in [0.3, 0.4) is 0 Å². The Hall–Kier alpha value is -2.69. The highest BCUT2D eigenvalue weighted by molar-refractivity contribution is 5.96. The van der Waals surface area contributed by atoms with Gasteiger partial charge in [-0.2, -0.15) is 0 Å². The lowest BCUT2D eigenvalue weighted by Gasteiger charge is -2.10. The van der Waals surface area contributed by atoms with E-state index >= 15 is 0 Å². The zero-order valence-corrected chi connectivity index (χ0v) is 12.4. The molecule has 114 valence electrons. The molecular weight excluding hydrogens is 285 g/mol. The van der Waals surface area contributed by atoms with Crippen molar-refractivity contribution in [3.8, 4) is 0 Å². The van der Waals surface area contributed by atoms with Crippen molar-refractivity contribution in [1.82, 2.24) is 0 Å². The lowest BCUT2D eigenvalue weighted by molar-refractivity contribution is -0.115. The minimum atomic E-state index is -0.472.